The summed E-state index contributed by atoms with van der Waals surface area (Å²) in [5.41, 5.74) is 3.81. The number of aromatic nitrogens is 1. The molecule has 8 heteroatoms. The van der Waals surface area contributed by atoms with E-state index in [1.165, 1.54) is 16.2 Å². The molecule has 2 heterocycles. The number of amides is 1. The van der Waals surface area contributed by atoms with Crippen molar-refractivity contribution in [3.63, 3.8) is 0 Å². The molecular weight excluding hydrogens is 548 g/mol. The number of ether oxygens (including phenoxy) is 2. The molecule has 1 fully saturated rings. The van der Waals surface area contributed by atoms with Crippen LogP contribution >= 0.6 is 11.3 Å². The quantitative estimate of drug-likeness (QED) is 0.121. The molecule has 1 unspecified atom stereocenters. The van der Waals surface area contributed by atoms with Gasteiger partial charge in [0.05, 0.1) is 28.4 Å². The van der Waals surface area contributed by atoms with E-state index in [0.29, 0.717) is 40.1 Å². The zero-order valence-corrected chi connectivity index (χ0v) is 24.1. The monoisotopic (exact) mass is 576 g/mol. The molecule has 5 aromatic rings. The molecular formula is C34H28N2O5S. The predicted octanol–water partition coefficient (Wildman–Crippen LogP) is 7.73. The van der Waals surface area contributed by atoms with E-state index >= 15 is 0 Å². The summed E-state index contributed by atoms with van der Waals surface area (Å²) < 4.78 is 12.5. The molecule has 0 aliphatic carbocycles. The van der Waals surface area contributed by atoms with Gasteiger partial charge in [-0.25, -0.2) is 4.98 Å². The Morgan fingerprint density at radius 1 is 0.905 bits per heavy atom. The fraction of sp³-hybridized carbons (Fsp3) is 0.147. The van der Waals surface area contributed by atoms with E-state index in [0.717, 1.165) is 21.3 Å². The third-order valence-corrected chi connectivity index (χ3v) is 8.06. The van der Waals surface area contributed by atoms with Crippen molar-refractivity contribution in [3.05, 3.63) is 119 Å². The van der Waals surface area contributed by atoms with E-state index in [1.807, 2.05) is 69.3 Å². The number of aryl methyl sites for hydroxylation is 2. The second kappa shape index (κ2) is 11.1. The first-order valence-corrected chi connectivity index (χ1v) is 14.4. The van der Waals surface area contributed by atoms with E-state index in [2.05, 4.69) is 0 Å². The van der Waals surface area contributed by atoms with Crippen LogP contribution in [-0.4, -0.2) is 28.4 Å². The number of aliphatic hydroxyl groups is 1. The van der Waals surface area contributed by atoms with Crippen LogP contribution < -0.4 is 14.4 Å². The summed E-state index contributed by atoms with van der Waals surface area (Å²) in [6.07, 6.45) is 0. The number of fused-ring (bicyclic) bond motifs is 1. The predicted molar refractivity (Wildman–Crippen MR) is 164 cm³/mol. The number of anilines is 1. The summed E-state index contributed by atoms with van der Waals surface area (Å²) in [5, 5.41) is 11.9. The lowest BCUT2D eigenvalue weighted by Crippen LogP contribution is -2.29. The lowest BCUT2D eigenvalue weighted by Gasteiger charge is -2.23. The molecule has 7 nitrogen and oxygen atoms in total. The number of para-hydroxylation sites is 1. The average Bonchev–Trinajstić information content (AvgIpc) is 3.52. The number of aliphatic hydroxyl groups excluding tert-OH is 1. The molecule has 1 saturated heterocycles. The van der Waals surface area contributed by atoms with Crippen molar-refractivity contribution < 1.29 is 24.2 Å². The minimum atomic E-state index is -0.933. The number of carbonyl (C=O) groups excluding carboxylic acids is 2. The smallest absolute Gasteiger partial charge is 0.301 e. The van der Waals surface area contributed by atoms with Gasteiger partial charge in [-0.3, -0.25) is 14.5 Å². The summed E-state index contributed by atoms with van der Waals surface area (Å²) in [7, 11) is 0. The number of rotatable bonds is 7. The molecule has 1 aliphatic heterocycles. The van der Waals surface area contributed by atoms with Crippen molar-refractivity contribution >= 4 is 44.1 Å². The van der Waals surface area contributed by atoms with Gasteiger partial charge in [0.1, 0.15) is 23.0 Å². The van der Waals surface area contributed by atoms with Gasteiger partial charge in [-0.15, -0.1) is 0 Å². The molecule has 1 N–H and O–H groups in total. The van der Waals surface area contributed by atoms with Crippen LogP contribution in [0.2, 0.25) is 0 Å². The van der Waals surface area contributed by atoms with Gasteiger partial charge >= 0.3 is 5.91 Å². The van der Waals surface area contributed by atoms with E-state index in [4.69, 9.17) is 14.5 Å². The summed E-state index contributed by atoms with van der Waals surface area (Å²) in [6.45, 7) is 6.36. The van der Waals surface area contributed by atoms with Crippen molar-refractivity contribution in [2.75, 3.05) is 11.5 Å². The maximum atomic E-state index is 13.7. The first kappa shape index (κ1) is 27.2. The molecule has 0 saturated carbocycles. The minimum Gasteiger partial charge on any atom is -0.507 e. The number of hydrogen-bond acceptors (Lipinski definition) is 7. The van der Waals surface area contributed by atoms with Crippen molar-refractivity contribution in [1.29, 1.82) is 0 Å². The summed E-state index contributed by atoms with van der Waals surface area (Å²) in [6, 6.07) is 26.4. The highest BCUT2D eigenvalue weighted by atomic mass is 32.1. The molecule has 0 spiro atoms. The number of thiazole rings is 1. The van der Waals surface area contributed by atoms with Crippen molar-refractivity contribution in [1.82, 2.24) is 4.98 Å². The van der Waals surface area contributed by atoms with Crippen LogP contribution in [0.15, 0.2) is 96.6 Å². The van der Waals surface area contributed by atoms with Gasteiger partial charge in [-0.1, -0.05) is 47.7 Å². The fourth-order valence-corrected chi connectivity index (χ4v) is 6.38. The maximum absolute atomic E-state index is 13.7. The highest BCUT2D eigenvalue weighted by molar-refractivity contribution is 7.22. The number of nitrogens with zero attached hydrogens (tertiary/aromatic N) is 2. The molecule has 1 atom stereocenters. The highest BCUT2D eigenvalue weighted by Gasteiger charge is 2.48. The van der Waals surface area contributed by atoms with Gasteiger partial charge in [0.2, 0.25) is 0 Å². The molecule has 6 rings (SSSR count). The molecule has 0 bridgehead atoms. The zero-order valence-electron chi connectivity index (χ0n) is 23.3. The molecule has 0 radical (unpaired) electrons. The second-order valence-electron chi connectivity index (χ2n) is 10.0. The third-order valence-electron chi connectivity index (χ3n) is 7.06. The Hall–Kier alpha value is -4.95. The number of carbonyl (C=O) groups is 2. The Kier molecular flexibility index (Phi) is 7.22. The molecule has 1 amide bonds. The van der Waals surface area contributed by atoms with Crippen LogP contribution in [0.25, 0.3) is 16.0 Å². The molecule has 42 heavy (non-hydrogen) atoms. The Bertz CT molecular complexity index is 1840. The second-order valence-corrected chi connectivity index (χ2v) is 11.0. The number of Topliss-reactive ketones (excluding diaryl/α,β-unsaturated/α-hetero) is 1. The summed E-state index contributed by atoms with van der Waals surface area (Å²) in [5.74, 6) is 0.00261. The first-order chi connectivity index (χ1) is 20.3. The average molecular weight is 577 g/mol. The zero-order chi connectivity index (χ0) is 29.4. The highest BCUT2D eigenvalue weighted by Crippen LogP contribution is 2.45. The molecule has 210 valence electrons. The Morgan fingerprint density at radius 3 is 2.38 bits per heavy atom. The van der Waals surface area contributed by atoms with Gasteiger partial charge in [0.15, 0.2) is 5.13 Å². The van der Waals surface area contributed by atoms with Gasteiger partial charge in [-0.2, -0.15) is 0 Å². The standard InChI is InChI=1S/C34H28N2O5S/c1-4-40-24-15-13-22(14-16-24)31(37)28-30(23-9-8-12-26(19-23)41-25-10-6-5-7-11-25)36(33(39)32(28)38)34-35-29-21(3)17-20(2)18-27(29)42-34/h5-19,30,37H,4H2,1-3H3. The van der Waals surface area contributed by atoms with Gasteiger partial charge in [0, 0.05) is 5.56 Å². The van der Waals surface area contributed by atoms with E-state index < -0.39 is 17.7 Å². The SMILES string of the molecule is CCOc1ccc(C(O)=C2C(=O)C(=O)N(c3nc4c(C)cc(C)cc4s3)C2c2cccc(Oc3ccccc3)c2)cc1. The van der Waals surface area contributed by atoms with Crippen LogP contribution in [0.5, 0.6) is 17.2 Å². The van der Waals surface area contributed by atoms with Gasteiger partial charge in [0.25, 0.3) is 5.78 Å². The number of ketones is 1. The minimum absolute atomic E-state index is 0.0202. The Morgan fingerprint density at radius 2 is 1.64 bits per heavy atom. The third kappa shape index (κ3) is 5.01. The fourth-order valence-electron chi connectivity index (χ4n) is 5.21. The number of benzene rings is 4. The van der Waals surface area contributed by atoms with E-state index in [1.54, 1.807) is 42.5 Å². The lowest BCUT2D eigenvalue weighted by atomic mass is 9.95. The van der Waals surface area contributed by atoms with Gasteiger partial charge < -0.3 is 14.6 Å². The Balaban J connectivity index is 1.51. The van der Waals surface area contributed by atoms with Crippen molar-refractivity contribution in [3.8, 4) is 17.2 Å². The number of hydrogen-bond donors (Lipinski definition) is 1. The van der Waals surface area contributed by atoms with E-state index in [9.17, 15) is 14.7 Å². The summed E-state index contributed by atoms with van der Waals surface area (Å²) >= 11 is 1.34. The van der Waals surface area contributed by atoms with Crippen LogP contribution in [0.3, 0.4) is 0 Å². The molecule has 1 aliphatic rings. The first-order valence-electron chi connectivity index (χ1n) is 13.6. The largest absolute Gasteiger partial charge is 0.507 e. The topological polar surface area (TPSA) is 89.0 Å². The van der Waals surface area contributed by atoms with Crippen molar-refractivity contribution in [2.45, 2.75) is 26.8 Å². The van der Waals surface area contributed by atoms with Crippen LogP contribution in [0.4, 0.5) is 5.13 Å². The Labute approximate surface area is 247 Å². The van der Waals surface area contributed by atoms with Gasteiger partial charge in [-0.05, 0) is 92.1 Å². The molecule has 4 aromatic carbocycles. The normalized spacial score (nSPS) is 16.3. The molecule has 1 aromatic heterocycles. The summed E-state index contributed by atoms with van der Waals surface area (Å²) in [4.78, 5) is 33.6. The van der Waals surface area contributed by atoms with E-state index in [-0.39, 0.29) is 11.3 Å². The maximum Gasteiger partial charge on any atom is 0.301 e. The van der Waals surface area contributed by atoms with Crippen LogP contribution in [0, 0.1) is 13.8 Å². The lowest BCUT2D eigenvalue weighted by molar-refractivity contribution is -0.132. The van der Waals surface area contributed by atoms with Crippen LogP contribution in [0.1, 0.15) is 35.2 Å². The van der Waals surface area contributed by atoms with Crippen molar-refractivity contribution in [2.24, 2.45) is 0 Å². The van der Waals surface area contributed by atoms with Crippen LogP contribution in [-0.2, 0) is 9.59 Å².